The summed E-state index contributed by atoms with van der Waals surface area (Å²) in [5.41, 5.74) is 6.28. The molecule has 33 heavy (non-hydrogen) atoms. The number of carbonyl (C=O) groups excluding carboxylic acids is 2. The van der Waals surface area contributed by atoms with E-state index in [1.165, 1.54) is 29.0 Å². The number of rotatable bonds is 6. The molecule has 2 saturated heterocycles. The molecule has 180 valence electrons. The van der Waals surface area contributed by atoms with Crippen LogP contribution in [0.25, 0.3) is 11.2 Å². The summed E-state index contributed by atoms with van der Waals surface area (Å²) < 4.78 is 28.3. The van der Waals surface area contributed by atoms with Gasteiger partial charge >= 0.3 is 13.8 Å². The van der Waals surface area contributed by atoms with E-state index in [1.807, 2.05) is 0 Å². The Morgan fingerprint density at radius 3 is 2.79 bits per heavy atom. The largest absolute Gasteiger partial charge is 0.469 e. The van der Waals surface area contributed by atoms with Crippen LogP contribution in [-0.2, 0) is 28.2 Å². The highest BCUT2D eigenvalue weighted by molar-refractivity contribution is 7.46. The molecule has 0 aliphatic carbocycles. The van der Waals surface area contributed by atoms with Crippen LogP contribution in [0.4, 0.5) is 5.82 Å². The van der Waals surface area contributed by atoms with Gasteiger partial charge in [-0.15, -0.1) is 0 Å². The number of fused-ring (bicyclic) bond motifs is 1. The van der Waals surface area contributed by atoms with Crippen LogP contribution in [0.2, 0.25) is 0 Å². The normalized spacial score (nSPS) is 27.9. The number of phosphoric acid groups is 1. The van der Waals surface area contributed by atoms with Gasteiger partial charge in [0.05, 0.1) is 12.9 Å². The Hall–Kier alpha value is -2.68. The average Bonchev–Trinajstić information content (AvgIpc) is 3.45. The van der Waals surface area contributed by atoms with E-state index in [1.54, 1.807) is 0 Å². The highest BCUT2D eigenvalue weighted by atomic mass is 31.2. The zero-order valence-corrected chi connectivity index (χ0v) is 18.3. The van der Waals surface area contributed by atoms with E-state index in [0.717, 1.165) is 0 Å². The minimum Gasteiger partial charge on any atom is -0.453 e. The summed E-state index contributed by atoms with van der Waals surface area (Å²) in [4.78, 5) is 56.2. The molecule has 5 N–H and O–H groups in total. The fraction of sp³-hybridized carbons (Fsp3) is 0.588. The molecular weight excluding hydrogens is 463 g/mol. The number of aliphatic hydroxyl groups excluding tert-OH is 1. The third-order valence-electron chi connectivity index (χ3n) is 5.56. The molecule has 2 fully saturated rings. The topological polar surface area (TPSA) is 212 Å². The Labute approximate surface area is 186 Å². The maximum Gasteiger partial charge on any atom is 0.469 e. The molecule has 5 atom stereocenters. The maximum atomic E-state index is 12.9. The monoisotopic (exact) mass is 486 g/mol. The first-order valence-corrected chi connectivity index (χ1v) is 11.5. The second-order valence-corrected chi connectivity index (χ2v) is 8.94. The van der Waals surface area contributed by atoms with Crippen molar-refractivity contribution in [3.05, 3.63) is 12.7 Å². The van der Waals surface area contributed by atoms with Crippen molar-refractivity contribution in [1.29, 1.82) is 0 Å². The summed E-state index contributed by atoms with van der Waals surface area (Å²) in [6, 6.07) is -0.821. The predicted octanol–water partition coefficient (Wildman–Crippen LogP) is -1.30. The highest BCUT2D eigenvalue weighted by Gasteiger charge is 2.49. The third-order valence-corrected chi connectivity index (χ3v) is 6.05. The molecular formula is C17H23N6O9P. The van der Waals surface area contributed by atoms with E-state index in [4.69, 9.17) is 25.0 Å². The summed E-state index contributed by atoms with van der Waals surface area (Å²) in [6.07, 6.45) is -1.77. The predicted molar refractivity (Wildman–Crippen MR) is 108 cm³/mol. The lowest BCUT2D eigenvalue weighted by Gasteiger charge is -2.26. The second-order valence-electron chi connectivity index (χ2n) is 7.70. The number of likely N-dealkylation sites (tertiary alicyclic amines) is 1. The molecule has 1 amide bonds. The summed E-state index contributed by atoms with van der Waals surface area (Å²) in [5, 5.41) is 10.8. The van der Waals surface area contributed by atoms with E-state index in [-0.39, 0.29) is 22.9 Å². The van der Waals surface area contributed by atoms with Crippen LogP contribution in [0, 0.1) is 0 Å². The standard InChI is InChI=1S/C17H23N6O9P/c1-8(24)22-4-2-3-9(22)17(26)32-13-12(25)10(5-30-33(27,28)29)31-16(13)23-7-21-11-14(18)19-6-20-15(11)23/h6-7,9-10,12-13,16,25H,2-5H2,1H3,(H2,18,19,20)(H2,27,28,29)/t9?,10-,12-,13-,16-/m1/s1. The van der Waals surface area contributed by atoms with Crippen LogP contribution in [-0.4, -0.2) is 88.7 Å². The number of phosphoric ester groups is 1. The van der Waals surface area contributed by atoms with Crippen molar-refractivity contribution in [2.24, 2.45) is 0 Å². The van der Waals surface area contributed by atoms with Gasteiger partial charge in [0, 0.05) is 13.5 Å². The number of nitrogens with two attached hydrogens (primary N) is 1. The first kappa shape index (κ1) is 23.5. The zero-order chi connectivity index (χ0) is 23.9. The van der Waals surface area contributed by atoms with Crippen molar-refractivity contribution in [3.63, 3.8) is 0 Å². The molecule has 1 unspecified atom stereocenters. The van der Waals surface area contributed by atoms with Crippen molar-refractivity contribution in [3.8, 4) is 0 Å². The van der Waals surface area contributed by atoms with Crippen LogP contribution >= 0.6 is 7.82 Å². The average molecular weight is 486 g/mol. The number of carbonyl (C=O) groups is 2. The number of aliphatic hydroxyl groups is 1. The van der Waals surface area contributed by atoms with Gasteiger partial charge in [-0.3, -0.25) is 13.9 Å². The number of ether oxygens (including phenoxy) is 2. The number of anilines is 1. The Kier molecular flexibility index (Phi) is 6.35. The van der Waals surface area contributed by atoms with Crippen LogP contribution in [0.1, 0.15) is 26.0 Å². The van der Waals surface area contributed by atoms with Gasteiger partial charge in [0.15, 0.2) is 23.8 Å². The molecule has 2 aliphatic heterocycles. The van der Waals surface area contributed by atoms with Crippen LogP contribution in [0.3, 0.4) is 0 Å². The molecule has 4 heterocycles. The first-order chi connectivity index (χ1) is 15.6. The van der Waals surface area contributed by atoms with Gasteiger partial charge in [-0.05, 0) is 12.8 Å². The first-order valence-electron chi connectivity index (χ1n) is 10.0. The van der Waals surface area contributed by atoms with Gasteiger partial charge in [0.2, 0.25) is 5.91 Å². The molecule has 0 saturated carbocycles. The van der Waals surface area contributed by atoms with E-state index in [9.17, 15) is 19.3 Å². The molecule has 2 aromatic rings. The lowest BCUT2D eigenvalue weighted by molar-refractivity contribution is -0.165. The zero-order valence-electron chi connectivity index (χ0n) is 17.4. The van der Waals surface area contributed by atoms with Crippen LogP contribution in [0.5, 0.6) is 0 Å². The molecule has 0 aromatic carbocycles. The second kappa shape index (κ2) is 8.93. The summed E-state index contributed by atoms with van der Waals surface area (Å²) >= 11 is 0. The van der Waals surface area contributed by atoms with Crippen molar-refractivity contribution in [2.75, 3.05) is 18.9 Å². The quantitative estimate of drug-likeness (QED) is 0.276. The van der Waals surface area contributed by atoms with Gasteiger partial charge in [-0.1, -0.05) is 0 Å². The number of esters is 1. The van der Waals surface area contributed by atoms with Gasteiger partial charge < -0.3 is 35.0 Å². The lowest BCUT2D eigenvalue weighted by atomic mass is 10.1. The Morgan fingerprint density at radius 2 is 2.09 bits per heavy atom. The summed E-state index contributed by atoms with van der Waals surface area (Å²) in [6.45, 7) is 1.07. The van der Waals surface area contributed by atoms with E-state index in [2.05, 4.69) is 19.5 Å². The van der Waals surface area contributed by atoms with Crippen molar-refractivity contribution < 1.29 is 43.0 Å². The minimum atomic E-state index is -4.85. The molecule has 0 radical (unpaired) electrons. The van der Waals surface area contributed by atoms with Gasteiger partial charge in [-0.2, -0.15) is 0 Å². The Balaban J connectivity index is 1.63. The maximum absolute atomic E-state index is 12.9. The van der Waals surface area contributed by atoms with E-state index < -0.39 is 51.0 Å². The highest BCUT2D eigenvalue weighted by Crippen LogP contribution is 2.40. The molecule has 0 bridgehead atoms. The number of imidazole rings is 1. The number of hydrogen-bond donors (Lipinski definition) is 4. The number of hydrogen-bond acceptors (Lipinski definition) is 11. The Bertz CT molecular complexity index is 1110. The number of nitrogen functional groups attached to an aromatic ring is 1. The van der Waals surface area contributed by atoms with Crippen LogP contribution < -0.4 is 5.73 Å². The van der Waals surface area contributed by atoms with Crippen molar-refractivity contribution >= 4 is 36.7 Å². The number of nitrogens with zero attached hydrogens (tertiary/aromatic N) is 5. The molecule has 15 nitrogen and oxygen atoms in total. The fourth-order valence-corrected chi connectivity index (χ4v) is 4.38. The minimum absolute atomic E-state index is 0.0929. The van der Waals surface area contributed by atoms with Crippen LogP contribution in [0.15, 0.2) is 12.7 Å². The summed E-state index contributed by atoms with van der Waals surface area (Å²) in [7, 11) is -4.85. The molecule has 2 aliphatic rings. The van der Waals surface area contributed by atoms with Crippen molar-refractivity contribution in [1.82, 2.24) is 24.4 Å². The molecule has 16 heteroatoms. The number of aromatic nitrogens is 4. The van der Waals surface area contributed by atoms with E-state index >= 15 is 0 Å². The van der Waals surface area contributed by atoms with Crippen molar-refractivity contribution in [2.45, 2.75) is 50.3 Å². The van der Waals surface area contributed by atoms with Gasteiger partial charge in [0.25, 0.3) is 0 Å². The number of amides is 1. The van der Waals surface area contributed by atoms with Gasteiger partial charge in [0.1, 0.15) is 30.1 Å². The van der Waals surface area contributed by atoms with E-state index in [0.29, 0.717) is 19.4 Å². The van der Waals surface area contributed by atoms with Gasteiger partial charge in [-0.25, -0.2) is 24.3 Å². The molecule has 0 spiro atoms. The summed E-state index contributed by atoms with van der Waals surface area (Å²) in [5.74, 6) is -0.930. The SMILES string of the molecule is CC(=O)N1CCCC1C(=O)O[C@@H]1[C@H](O)[C@@H](COP(=O)(O)O)O[C@H]1n1cnc2c(N)ncnc21. The Morgan fingerprint density at radius 1 is 1.33 bits per heavy atom. The molecule has 4 rings (SSSR count). The third kappa shape index (κ3) is 4.69. The lowest BCUT2D eigenvalue weighted by Crippen LogP contribution is -2.44. The smallest absolute Gasteiger partial charge is 0.453 e. The fourth-order valence-electron chi connectivity index (χ4n) is 4.04. The molecule has 2 aromatic heterocycles.